The predicted molar refractivity (Wildman–Crippen MR) is 56.6 cm³/mol. The van der Waals surface area contributed by atoms with Crippen molar-refractivity contribution in [2.75, 3.05) is 13.2 Å². The number of ether oxygens (including phenoxy) is 1. The highest BCUT2D eigenvalue weighted by Crippen LogP contribution is 2.30. The first-order chi connectivity index (χ1) is 7.74. The highest BCUT2D eigenvalue weighted by Gasteiger charge is 2.30. The van der Waals surface area contributed by atoms with Gasteiger partial charge in [0.25, 0.3) is 0 Å². The van der Waals surface area contributed by atoms with Crippen LogP contribution in [0.4, 0.5) is 13.2 Å². The zero-order valence-electron chi connectivity index (χ0n) is 9.29. The van der Waals surface area contributed by atoms with Gasteiger partial charge in [0.2, 0.25) is 0 Å². The van der Waals surface area contributed by atoms with Crippen LogP contribution >= 0.6 is 0 Å². The molecule has 96 valence electrons. The Morgan fingerprint density at radius 3 is 2.18 bits per heavy atom. The highest BCUT2D eigenvalue weighted by molar-refractivity contribution is 5.28. The van der Waals surface area contributed by atoms with E-state index in [0.717, 1.165) is 12.1 Å². The van der Waals surface area contributed by atoms with Crippen molar-refractivity contribution in [1.29, 1.82) is 0 Å². The molecule has 1 unspecified atom stereocenters. The molecule has 1 aromatic carbocycles. The Morgan fingerprint density at radius 2 is 1.76 bits per heavy atom. The van der Waals surface area contributed by atoms with Crippen LogP contribution in [-0.2, 0) is 6.18 Å². The van der Waals surface area contributed by atoms with Gasteiger partial charge < -0.3 is 15.6 Å². The molecule has 0 aliphatic carbocycles. The zero-order chi connectivity index (χ0) is 13.1. The second-order valence-electron chi connectivity index (χ2n) is 4.01. The Kier molecular flexibility index (Phi) is 4.00. The average Bonchev–Trinajstić information content (AvgIpc) is 2.26. The van der Waals surface area contributed by atoms with Gasteiger partial charge in [0, 0.05) is 6.54 Å². The molecule has 1 rings (SSSR count). The molecule has 0 radical (unpaired) electrons. The number of hydrogen-bond acceptors (Lipinski definition) is 3. The first-order valence-electron chi connectivity index (χ1n) is 4.97. The van der Waals surface area contributed by atoms with E-state index in [1.54, 1.807) is 0 Å². The van der Waals surface area contributed by atoms with Gasteiger partial charge >= 0.3 is 6.18 Å². The first kappa shape index (κ1) is 13.8. The molecule has 0 saturated carbocycles. The van der Waals surface area contributed by atoms with Crippen molar-refractivity contribution in [2.45, 2.75) is 18.7 Å². The van der Waals surface area contributed by atoms with Crippen LogP contribution in [-0.4, -0.2) is 23.9 Å². The smallest absolute Gasteiger partial charge is 0.416 e. The molecule has 0 aliphatic rings. The Bertz CT molecular complexity index is 360. The number of rotatable bonds is 4. The standard InChI is InChI=1S/C11H14F3NO2/c1-10(16,6-15)7-17-9-4-2-8(3-5-9)11(12,13)14/h2-5,16H,6-7,15H2,1H3. The van der Waals surface area contributed by atoms with Crippen LogP contribution in [0.15, 0.2) is 24.3 Å². The third kappa shape index (κ3) is 4.24. The summed E-state index contributed by atoms with van der Waals surface area (Å²) in [5, 5.41) is 9.54. The van der Waals surface area contributed by atoms with Crippen LogP contribution in [0.2, 0.25) is 0 Å². The van der Waals surface area contributed by atoms with Crippen LogP contribution in [0.3, 0.4) is 0 Å². The van der Waals surface area contributed by atoms with E-state index in [9.17, 15) is 18.3 Å². The molecular formula is C11H14F3NO2. The van der Waals surface area contributed by atoms with Gasteiger partial charge in [-0.05, 0) is 31.2 Å². The summed E-state index contributed by atoms with van der Waals surface area (Å²) in [6, 6.07) is 4.25. The Hall–Kier alpha value is -1.27. The lowest BCUT2D eigenvalue weighted by atomic mass is 10.1. The van der Waals surface area contributed by atoms with E-state index in [-0.39, 0.29) is 18.9 Å². The molecule has 0 amide bonds. The van der Waals surface area contributed by atoms with Crippen LogP contribution in [0.5, 0.6) is 5.75 Å². The summed E-state index contributed by atoms with van der Waals surface area (Å²) in [6.45, 7) is 1.42. The Balaban J connectivity index is 2.64. The van der Waals surface area contributed by atoms with Crippen molar-refractivity contribution in [1.82, 2.24) is 0 Å². The van der Waals surface area contributed by atoms with Crippen molar-refractivity contribution in [2.24, 2.45) is 5.73 Å². The third-order valence-electron chi connectivity index (χ3n) is 2.17. The summed E-state index contributed by atoms with van der Waals surface area (Å²) in [6.07, 6.45) is -4.36. The van der Waals surface area contributed by atoms with E-state index < -0.39 is 17.3 Å². The molecule has 0 saturated heterocycles. The van der Waals surface area contributed by atoms with E-state index in [1.165, 1.54) is 19.1 Å². The summed E-state index contributed by atoms with van der Waals surface area (Å²) >= 11 is 0. The lowest BCUT2D eigenvalue weighted by molar-refractivity contribution is -0.137. The molecule has 6 heteroatoms. The monoisotopic (exact) mass is 249 g/mol. The van der Waals surface area contributed by atoms with Crippen LogP contribution in [0.25, 0.3) is 0 Å². The molecule has 1 aromatic rings. The quantitative estimate of drug-likeness (QED) is 0.855. The highest BCUT2D eigenvalue weighted by atomic mass is 19.4. The molecule has 0 fully saturated rings. The maximum atomic E-state index is 12.3. The van der Waals surface area contributed by atoms with E-state index >= 15 is 0 Å². The van der Waals surface area contributed by atoms with E-state index in [1.807, 2.05) is 0 Å². The van der Waals surface area contributed by atoms with Gasteiger partial charge in [-0.3, -0.25) is 0 Å². The number of hydrogen-bond donors (Lipinski definition) is 2. The average molecular weight is 249 g/mol. The fourth-order valence-electron chi connectivity index (χ4n) is 1.04. The maximum Gasteiger partial charge on any atom is 0.416 e. The maximum absolute atomic E-state index is 12.3. The first-order valence-corrected chi connectivity index (χ1v) is 4.97. The fourth-order valence-corrected chi connectivity index (χ4v) is 1.04. The minimum absolute atomic E-state index is 0.00757. The lowest BCUT2D eigenvalue weighted by Gasteiger charge is -2.21. The van der Waals surface area contributed by atoms with Gasteiger partial charge in [0.1, 0.15) is 18.0 Å². The molecule has 1 atom stereocenters. The minimum Gasteiger partial charge on any atom is -0.491 e. The SMILES string of the molecule is CC(O)(CN)COc1ccc(C(F)(F)F)cc1. The van der Waals surface area contributed by atoms with Crippen molar-refractivity contribution < 1.29 is 23.0 Å². The van der Waals surface area contributed by atoms with Crippen molar-refractivity contribution in [3.05, 3.63) is 29.8 Å². The van der Waals surface area contributed by atoms with Crippen molar-refractivity contribution in [3.63, 3.8) is 0 Å². The molecule has 17 heavy (non-hydrogen) atoms. The molecule has 0 aromatic heterocycles. The minimum atomic E-state index is -4.36. The molecular weight excluding hydrogens is 235 g/mol. The van der Waals surface area contributed by atoms with Crippen LogP contribution in [0, 0.1) is 0 Å². The van der Waals surface area contributed by atoms with Gasteiger partial charge in [0.05, 0.1) is 5.56 Å². The summed E-state index contributed by atoms with van der Waals surface area (Å²) in [5.41, 5.74) is 3.34. The Labute approximate surface area is 97.0 Å². The lowest BCUT2D eigenvalue weighted by Crippen LogP contribution is -2.40. The molecule has 0 spiro atoms. The normalized spacial score (nSPS) is 15.4. The van der Waals surface area contributed by atoms with Crippen molar-refractivity contribution in [3.8, 4) is 5.75 Å². The van der Waals surface area contributed by atoms with Gasteiger partial charge in [0.15, 0.2) is 0 Å². The number of halogens is 3. The molecule has 0 aliphatic heterocycles. The fraction of sp³-hybridized carbons (Fsp3) is 0.455. The van der Waals surface area contributed by atoms with Crippen molar-refractivity contribution >= 4 is 0 Å². The molecule has 3 nitrogen and oxygen atoms in total. The number of nitrogens with two attached hydrogens (primary N) is 1. The Morgan fingerprint density at radius 1 is 1.24 bits per heavy atom. The molecule has 3 N–H and O–H groups in total. The van der Waals surface area contributed by atoms with Crippen LogP contribution in [0.1, 0.15) is 12.5 Å². The summed E-state index contributed by atoms with van der Waals surface area (Å²) in [5.74, 6) is 0.256. The van der Waals surface area contributed by atoms with Gasteiger partial charge in [-0.1, -0.05) is 0 Å². The van der Waals surface area contributed by atoms with Gasteiger partial charge in [-0.2, -0.15) is 13.2 Å². The summed E-state index contributed by atoms with van der Waals surface area (Å²) in [7, 11) is 0. The summed E-state index contributed by atoms with van der Waals surface area (Å²) < 4.78 is 41.9. The number of benzene rings is 1. The van der Waals surface area contributed by atoms with Crippen LogP contribution < -0.4 is 10.5 Å². The molecule has 0 heterocycles. The zero-order valence-corrected chi connectivity index (χ0v) is 9.29. The van der Waals surface area contributed by atoms with Gasteiger partial charge in [-0.25, -0.2) is 0 Å². The third-order valence-corrected chi connectivity index (χ3v) is 2.17. The molecule has 0 bridgehead atoms. The summed E-state index contributed by atoms with van der Waals surface area (Å²) in [4.78, 5) is 0. The van der Waals surface area contributed by atoms with E-state index in [0.29, 0.717) is 0 Å². The van der Waals surface area contributed by atoms with E-state index in [4.69, 9.17) is 10.5 Å². The number of alkyl halides is 3. The largest absolute Gasteiger partial charge is 0.491 e. The predicted octanol–water partition coefficient (Wildman–Crippen LogP) is 1.79. The topological polar surface area (TPSA) is 55.5 Å². The second kappa shape index (κ2) is 4.93. The second-order valence-corrected chi connectivity index (χ2v) is 4.01. The van der Waals surface area contributed by atoms with E-state index in [2.05, 4.69) is 0 Å². The number of aliphatic hydroxyl groups is 1. The van der Waals surface area contributed by atoms with Gasteiger partial charge in [-0.15, -0.1) is 0 Å².